The largest absolute Gasteiger partial charge is 0.423 e. The first kappa shape index (κ1) is 21.5. The Morgan fingerprint density at radius 2 is 1.91 bits per heavy atom. The number of rotatable bonds is 6. The van der Waals surface area contributed by atoms with Crippen molar-refractivity contribution in [3.05, 3.63) is 72.3 Å². The molecular formula is C23H24F2N6O2. The molecule has 1 fully saturated rings. The van der Waals surface area contributed by atoms with E-state index in [2.05, 4.69) is 24.9 Å². The Labute approximate surface area is 189 Å². The van der Waals surface area contributed by atoms with Gasteiger partial charge in [-0.2, -0.15) is 10.1 Å². The highest BCUT2D eigenvalue weighted by Gasteiger charge is 2.42. The second kappa shape index (κ2) is 8.53. The van der Waals surface area contributed by atoms with Gasteiger partial charge in [-0.05, 0) is 25.1 Å². The first-order valence-electron chi connectivity index (χ1n) is 10.8. The van der Waals surface area contributed by atoms with Gasteiger partial charge < -0.3 is 14.4 Å². The van der Waals surface area contributed by atoms with Gasteiger partial charge >= 0.3 is 0 Å². The lowest BCUT2D eigenvalue weighted by Gasteiger charge is -2.44. The van der Waals surface area contributed by atoms with Crippen LogP contribution in [0.1, 0.15) is 12.5 Å². The second-order valence-corrected chi connectivity index (χ2v) is 8.30. The molecule has 10 heteroatoms. The standard InChI is InChI=1S/C23H24F2N6O2/c1-16(23(32,13-31-15-26-14-27-31)18-7-6-17(24)12-19(18)25)29-8-10-30(11-9-29)22-28-20-4-2-3-5-21(20)33-22/h2-7,12,14-16,32H,8-11,13H2,1H3. The Kier molecular flexibility index (Phi) is 5.55. The van der Waals surface area contributed by atoms with Crippen molar-refractivity contribution in [1.29, 1.82) is 0 Å². The van der Waals surface area contributed by atoms with Crippen molar-refractivity contribution < 1.29 is 18.3 Å². The molecule has 0 bridgehead atoms. The number of halogens is 2. The summed E-state index contributed by atoms with van der Waals surface area (Å²) < 4.78 is 35.7. The summed E-state index contributed by atoms with van der Waals surface area (Å²) in [4.78, 5) is 12.6. The monoisotopic (exact) mass is 454 g/mol. The number of aromatic nitrogens is 4. The van der Waals surface area contributed by atoms with Gasteiger partial charge in [0.25, 0.3) is 6.01 Å². The van der Waals surface area contributed by atoms with Crippen LogP contribution in [-0.2, 0) is 12.1 Å². The smallest absolute Gasteiger partial charge is 0.298 e. The number of nitrogens with zero attached hydrogens (tertiary/aromatic N) is 6. The molecule has 0 spiro atoms. The molecule has 4 aromatic rings. The van der Waals surface area contributed by atoms with Gasteiger partial charge in [0.1, 0.15) is 35.4 Å². The van der Waals surface area contributed by atoms with Crippen LogP contribution in [0.5, 0.6) is 0 Å². The van der Waals surface area contributed by atoms with Gasteiger partial charge in [-0.1, -0.05) is 18.2 Å². The lowest BCUT2D eigenvalue weighted by Crippen LogP contribution is -2.57. The molecule has 5 rings (SSSR count). The van der Waals surface area contributed by atoms with Crippen molar-refractivity contribution in [2.24, 2.45) is 0 Å². The number of hydrogen-bond donors (Lipinski definition) is 1. The molecule has 0 aliphatic carbocycles. The van der Waals surface area contributed by atoms with E-state index in [0.29, 0.717) is 32.2 Å². The molecule has 1 N–H and O–H groups in total. The van der Waals surface area contributed by atoms with Gasteiger partial charge in [0.15, 0.2) is 5.58 Å². The predicted molar refractivity (Wildman–Crippen MR) is 118 cm³/mol. The van der Waals surface area contributed by atoms with Crippen molar-refractivity contribution in [3.8, 4) is 0 Å². The van der Waals surface area contributed by atoms with Crippen molar-refractivity contribution in [2.75, 3.05) is 31.1 Å². The number of para-hydroxylation sites is 2. The van der Waals surface area contributed by atoms with Crippen LogP contribution in [0.15, 0.2) is 59.5 Å². The van der Waals surface area contributed by atoms with Gasteiger partial charge in [0.05, 0.1) is 6.54 Å². The number of anilines is 1. The number of benzene rings is 2. The summed E-state index contributed by atoms with van der Waals surface area (Å²) in [6.07, 6.45) is 2.81. The van der Waals surface area contributed by atoms with Crippen molar-refractivity contribution in [2.45, 2.75) is 25.1 Å². The second-order valence-electron chi connectivity index (χ2n) is 8.30. The van der Waals surface area contributed by atoms with Gasteiger partial charge in [0.2, 0.25) is 0 Å². The van der Waals surface area contributed by atoms with Gasteiger partial charge in [-0.3, -0.25) is 4.90 Å². The third-order valence-electron chi connectivity index (χ3n) is 6.37. The highest BCUT2D eigenvalue weighted by Crippen LogP contribution is 2.33. The summed E-state index contributed by atoms with van der Waals surface area (Å²) >= 11 is 0. The average molecular weight is 454 g/mol. The van der Waals surface area contributed by atoms with E-state index >= 15 is 0 Å². The van der Waals surface area contributed by atoms with E-state index in [1.807, 2.05) is 31.2 Å². The van der Waals surface area contributed by atoms with E-state index in [9.17, 15) is 13.9 Å². The first-order chi connectivity index (χ1) is 15.9. The molecule has 2 aromatic carbocycles. The van der Waals surface area contributed by atoms with Crippen LogP contribution in [0.25, 0.3) is 11.1 Å². The summed E-state index contributed by atoms with van der Waals surface area (Å²) in [5.41, 5.74) is -0.103. The van der Waals surface area contributed by atoms with Gasteiger partial charge in [0, 0.05) is 43.9 Å². The molecule has 1 aliphatic rings. The number of oxazole rings is 1. The summed E-state index contributed by atoms with van der Waals surface area (Å²) in [5.74, 6) is -1.49. The lowest BCUT2D eigenvalue weighted by molar-refractivity contribution is -0.0651. The number of hydrogen-bond acceptors (Lipinski definition) is 7. The maximum atomic E-state index is 14.8. The fourth-order valence-corrected chi connectivity index (χ4v) is 4.44. The normalized spacial score (nSPS) is 17.9. The zero-order chi connectivity index (χ0) is 23.0. The Bertz CT molecular complexity index is 1210. The molecule has 3 heterocycles. The van der Waals surface area contributed by atoms with Gasteiger partial charge in [-0.25, -0.2) is 18.4 Å². The quantitative estimate of drug-likeness (QED) is 0.480. The van der Waals surface area contributed by atoms with E-state index in [1.54, 1.807) is 0 Å². The Morgan fingerprint density at radius 3 is 2.61 bits per heavy atom. The minimum atomic E-state index is -1.66. The average Bonchev–Trinajstić information content (AvgIpc) is 3.48. The van der Waals surface area contributed by atoms with E-state index in [0.717, 1.165) is 23.2 Å². The number of piperazine rings is 1. The summed E-state index contributed by atoms with van der Waals surface area (Å²) in [6.45, 7) is 4.27. The van der Waals surface area contributed by atoms with Crippen LogP contribution in [0.2, 0.25) is 0 Å². The molecule has 0 radical (unpaired) electrons. The molecule has 1 aliphatic heterocycles. The van der Waals surface area contributed by atoms with Crippen LogP contribution in [0, 0.1) is 11.6 Å². The van der Waals surface area contributed by atoms with E-state index in [1.165, 1.54) is 23.4 Å². The summed E-state index contributed by atoms with van der Waals surface area (Å²) in [7, 11) is 0. The van der Waals surface area contributed by atoms with Crippen LogP contribution < -0.4 is 4.90 Å². The third-order valence-corrected chi connectivity index (χ3v) is 6.37. The summed E-state index contributed by atoms with van der Waals surface area (Å²) in [6, 6.07) is 10.9. The minimum Gasteiger partial charge on any atom is -0.423 e. The first-order valence-corrected chi connectivity index (χ1v) is 10.8. The number of fused-ring (bicyclic) bond motifs is 1. The molecule has 2 atom stereocenters. The summed E-state index contributed by atoms with van der Waals surface area (Å²) in [5, 5.41) is 15.9. The number of aliphatic hydroxyl groups is 1. The molecule has 2 aromatic heterocycles. The molecular weight excluding hydrogens is 430 g/mol. The van der Waals surface area contributed by atoms with Crippen molar-refractivity contribution >= 4 is 17.1 Å². The highest BCUT2D eigenvalue weighted by molar-refractivity contribution is 5.74. The Hall–Kier alpha value is -3.37. The zero-order valence-corrected chi connectivity index (χ0v) is 18.1. The van der Waals surface area contributed by atoms with Gasteiger partial charge in [-0.15, -0.1) is 0 Å². The van der Waals surface area contributed by atoms with Crippen LogP contribution in [0.4, 0.5) is 14.8 Å². The molecule has 2 unspecified atom stereocenters. The maximum absolute atomic E-state index is 14.8. The minimum absolute atomic E-state index is 0.0216. The van der Waals surface area contributed by atoms with Crippen LogP contribution >= 0.6 is 0 Å². The molecule has 172 valence electrons. The molecule has 33 heavy (non-hydrogen) atoms. The molecule has 1 saturated heterocycles. The molecule has 0 saturated carbocycles. The maximum Gasteiger partial charge on any atom is 0.298 e. The van der Waals surface area contributed by atoms with Crippen LogP contribution in [0.3, 0.4) is 0 Å². The highest BCUT2D eigenvalue weighted by atomic mass is 19.1. The fraction of sp³-hybridized carbons (Fsp3) is 0.348. The fourth-order valence-electron chi connectivity index (χ4n) is 4.44. The topological polar surface area (TPSA) is 83.5 Å². The third kappa shape index (κ3) is 4.07. The van der Waals surface area contributed by atoms with E-state index < -0.39 is 23.3 Å². The van der Waals surface area contributed by atoms with E-state index in [-0.39, 0.29) is 12.1 Å². The SMILES string of the molecule is CC(N1CCN(c2nc3ccccc3o2)CC1)C(O)(Cn1cncn1)c1ccc(F)cc1F. The molecule has 0 amide bonds. The Balaban J connectivity index is 1.37. The lowest BCUT2D eigenvalue weighted by atomic mass is 9.85. The zero-order valence-electron chi connectivity index (χ0n) is 18.1. The van der Waals surface area contributed by atoms with Crippen molar-refractivity contribution in [1.82, 2.24) is 24.6 Å². The Morgan fingerprint density at radius 1 is 1.12 bits per heavy atom. The van der Waals surface area contributed by atoms with Crippen molar-refractivity contribution in [3.63, 3.8) is 0 Å². The van der Waals surface area contributed by atoms with E-state index in [4.69, 9.17) is 4.42 Å². The predicted octanol–water partition coefficient (Wildman–Crippen LogP) is 2.80. The van der Waals surface area contributed by atoms with Crippen LogP contribution in [-0.4, -0.2) is 62.0 Å². The molecule has 8 nitrogen and oxygen atoms in total.